The van der Waals surface area contributed by atoms with Crippen molar-refractivity contribution in [1.29, 1.82) is 0 Å². The van der Waals surface area contributed by atoms with Crippen LogP contribution in [0.25, 0.3) is 5.69 Å². The lowest BCUT2D eigenvalue weighted by Crippen LogP contribution is -2.07. The van der Waals surface area contributed by atoms with Gasteiger partial charge < -0.3 is 4.74 Å². The number of aromatic nitrogens is 2. The molecule has 1 aromatic heterocycles. The Morgan fingerprint density at radius 3 is 2.54 bits per heavy atom. The summed E-state index contributed by atoms with van der Waals surface area (Å²) < 4.78 is 29.9. The van der Waals surface area contributed by atoms with Crippen molar-refractivity contribution < 1.29 is 17.9 Å². The van der Waals surface area contributed by atoms with E-state index in [0.717, 1.165) is 11.9 Å². The molecule has 0 spiro atoms. The fraction of sp³-hybridized carbons (Fsp3) is 0.200. The van der Waals surface area contributed by atoms with Gasteiger partial charge in [-0.25, -0.2) is 17.9 Å². The average molecular weight is 419 g/mol. The van der Waals surface area contributed by atoms with Gasteiger partial charge in [-0.1, -0.05) is 41.9 Å². The first-order chi connectivity index (χ1) is 13.2. The smallest absolute Gasteiger partial charge is 0.338 e. The molecule has 0 saturated heterocycles. The Kier molecular flexibility index (Phi) is 5.86. The summed E-state index contributed by atoms with van der Waals surface area (Å²) in [6.07, 6.45) is 1.15. The van der Waals surface area contributed by atoms with Crippen LogP contribution in [0.15, 0.2) is 54.6 Å². The topological polar surface area (TPSA) is 78.3 Å². The van der Waals surface area contributed by atoms with E-state index in [0.29, 0.717) is 22.0 Å². The number of rotatable bonds is 6. The minimum atomic E-state index is -3.19. The Morgan fingerprint density at radius 2 is 1.86 bits per heavy atom. The van der Waals surface area contributed by atoms with Gasteiger partial charge in [0.05, 0.1) is 22.7 Å². The molecule has 0 saturated carbocycles. The fourth-order valence-corrected chi connectivity index (χ4v) is 3.86. The highest BCUT2D eigenvalue weighted by molar-refractivity contribution is 7.89. The summed E-state index contributed by atoms with van der Waals surface area (Å²) in [7, 11) is -3.19. The standard InChI is InChI=1S/C20H19ClN2O4S/c1-14-18(19(21)23(22-14)17-9-4-3-5-10-17)12-27-20(24)16-8-6-7-15(11-16)13-28(2,25)26/h3-11H,12-13H2,1-2H3. The lowest BCUT2D eigenvalue weighted by Gasteiger charge is -2.07. The molecule has 0 fully saturated rings. The number of benzene rings is 2. The van der Waals surface area contributed by atoms with Crippen LogP contribution in [0.2, 0.25) is 5.15 Å². The van der Waals surface area contributed by atoms with Gasteiger partial charge in [0.1, 0.15) is 11.8 Å². The van der Waals surface area contributed by atoms with E-state index in [4.69, 9.17) is 16.3 Å². The second kappa shape index (κ2) is 8.16. The first-order valence-electron chi connectivity index (χ1n) is 8.48. The normalized spacial score (nSPS) is 11.4. The summed E-state index contributed by atoms with van der Waals surface area (Å²) in [5.41, 5.74) is 2.90. The second-order valence-corrected chi connectivity index (χ2v) is 8.95. The zero-order valence-corrected chi connectivity index (χ0v) is 17.0. The molecule has 0 bridgehead atoms. The van der Waals surface area contributed by atoms with Crippen LogP contribution in [0.1, 0.15) is 27.2 Å². The number of esters is 1. The first-order valence-corrected chi connectivity index (χ1v) is 10.9. The molecule has 0 aliphatic heterocycles. The number of hydrogen-bond acceptors (Lipinski definition) is 5. The largest absolute Gasteiger partial charge is 0.457 e. The third-order valence-corrected chi connectivity index (χ3v) is 5.31. The van der Waals surface area contributed by atoms with Crippen LogP contribution in [-0.2, 0) is 26.9 Å². The molecule has 0 amide bonds. The number of sulfone groups is 1. The van der Waals surface area contributed by atoms with Gasteiger partial charge in [-0.05, 0) is 36.8 Å². The van der Waals surface area contributed by atoms with Crippen molar-refractivity contribution >= 4 is 27.4 Å². The minimum Gasteiger partial charge on any atom is -0.457 e. The minimum absolute atomic E-state index is 0.0351. The molecule has 3 rings (SSSR count). The van der Waals surface area contributed by atoms with Crippen molar-refractivity contribution in [2.24, 2.45) is 0 Å². The van der Waals surface area contributed by atoms with E-state index >= 15 is 0 Å². The van der Waals surface area contributed by atoms with E-state index < -0.39 is 15.8 Å². The van der Waals surface area contributed by atoms with Gasteiger partial charge in [-0.3, -0.25) is 0 Å². The third-order valence-electron chi connectivity index (χ3n) is 4.06. The molecule has 2 aromatic carbocycles. The zero-order valence-electron chi connectivity index (χ0n) is 15.4. The van der Waals surface area contributed by atoms with E-state index in [1.165, 1.54) is 6.07 Å². The molecule has 6 nitrogen and oxygen atoms in total. The molecule has 28 heavy (non-hydrogen) atoms. The van der Waals surface area contributed by atoms with Gasteiger partial charge in [0.2, 0.25) is 0 Å². The van der Waals surface area contributed by atoms with Crippen molar-refractivity contribution in [3.05, 3.63) is 82.1 Å². The van der Waals surface area contributed by atoms with Crippen LogP contribution in [0.5, 0.6) is 0 Å². The number of aryl methyl sites for hydroxylation is 1. The molecule has 0 unspecified atom stereocenters. The van der Waals surface area contributed by atoms with Crippen molar-refractivity contribution in [2.75, 3.05) is 6.26 Å². The van der Waals surface area contributed by atoms with Crippen molar-refractivity contribution in [3.63, 3.8) is 0 Å². The Labute approximate surface area is 168 Å². The van der Waals surface area contributed by atoms with Crippen LogP contribution in [-0.4, -0.2) is 30.4 Å². The van der Waals surface area contributed by atoms with Gasteiger partial charge in [-0.2, -0.15) is 5.10 Å². The number of carbonyl (C=O) groups is 1. The number of ether oxygens (including phenoxy) is 1. The highest BCUT2D eigenvalue weighted by Crippen LogP contribution is 2.24. The lowest BCUT2D eigenvalue weighted by atomic mass is 10.1. The van der Waals surface area contributed by atoms with Crippen LogP contribution >= 0.6 is 11.6 Å². The summed E-state index contributed by atoms with van der Waals surface area (Å²) in [5, 5.41) is 4.79. The number of carbonyl (C=O) groups excluding carboxylic acids is 1. The highest BCUT2D eigenvalue weighted by atomic mass is 35.5. The number of halogens is 1. The molecule has 0 aliphatic rings. The second-order valence-electron chi connectivity index (χ2n) is 6.45. The quantitative estimate of drug-likeness (QED) is 0.570. The van der Waals surface area contributed by atoms with Crippen LogP contribution < -0.4 is 0 Å². The fourth-order valence-electron chi connectivity index (χ4n) is 2.75. The maximum absolute atomic E-state index is 12.4. The summed E-state index contributed by atoms with van der Waals surface area (Å²) in [4.78, 5) is 12.4. The van der Waals surface area contributed by atoms with Crippen molar-refractivity contribution in [2.45, 2.75) is 19.3 Å². The molecule has 146 valence electrons. The summed E-state index contributed by atoms with van der Waals surface area (Å²) >= 11 is 6.43. The molecule has 0 atom stereocenters. The SMILES string of the molecule is Cc1nn(-c2ccccc2)c(Cl)c1COC(=O)c1cccc(CS(C)(=O)=O)c1. The van der Waals surface area contributed by atoms with Gasteiger partial charge in [0, 0.05) is 11.8 Å². The number of nitrogens with zero attached hydrogens (tertiary/aromatic N) is 2. The maximum Gasteiger partial charge on any atom is 0.338 e. The predicted molar refractivity (Wildman–Crippen MR) is 107 cm³/mol. The van der Waals surface area contributed by atoms with Crippen molar-refractivity contribution in [3.8, 4) is 5.69 Å². The molecule has 3 aromatic rings. The maximum atomic E-state index is 12.4. The Balaban J connectivity index is 1.75. The van der Waals surface area contributed by atoms with E-state index in [-0.39, 0.29) is 17.9 Å². The van der Waals surface area contributed by atoms with E-state index in [2.05, 4.69) is 5.10 Å². The zero-order chi connectivity index (χ0) is 20.3. The van der Waals surface area contributed by atoms with Crippen molar-refractivity contribution in [1.82, 2.24) is 9.78 Å². The molecule has 1 heterocycles. The summed E-state index contributed by atoms with van der Waals surface area (Å²) in [6.45, 7) is 1.76. The Bertz CT molecular complexity index is 1110. The Hall–Kier alpha value is -2.64. The molecular weight excluding hydrogens is 400 g/mol. The predicted octanol–water partition coefficient (Wildman–Crippen LogP) is 3.74. The van der Waals surface area contributed by atoms with E-state index in [9.17, 15) is 13.2 Å². The molecule has 0 radical (unpaired) electrons. The lowest BCUT2D eigenvalue weighted by molar-refractivity contribution is 0.0472. The number of hydrogen-bond donors (Lipinski definition) is 0. The van der Waals surface area contributed by atoms with Gasteiger partial charge in [-0.15, -0.1) is 0 Å². The van der Waals surface area contributed by atoms with Crippen LogP contribution in [0.4, 0.5) is 0 Å². The molecule has 8 heteroatoms. The van der Waals surface area contributed by atoms with Crippen LogP contribution in [0, 0.1) is 6.92 Å². The van der Waals surface area contributed by atoms with Gasteiger partial charge >= 0.3 is 5.97 Å². The van der Waals surface area contributed by atoms with Crippen LogP contribution in [0.3, 0.4) is 0 Å². The number of para-hydroxylation sites is 1. The monoisotopic (exact) mass is 418 g/mol. The average Bonchev–Trinajstić information content (AvgIpc) is 2.93. The van der Waals surface area contributed by atoms with E-state index in [1.807, 2.05) is 30.3 Å². The molecular formula is C20H19ClN2O4S. The molecule has 0 N–H and O–H groups in total. The molecule has 0 aliphatic carbocycles. The van der Waals surface area contributed by atoms with E-state index in [1.54, 1.807) is 29.8 Å². The third kappa shape index (κ3) is 4.79. The summed E-state index contributed by atoms with van der Waals surface area (Å²) in [5.74, 6) is -0.693. The highest BCUT2D eigenvalue weighted by Gasteiger charge is 2.17. The Morgan fingerprint density at radius 1 is 1.14 bits per heavy atom. The van der Waals surface area contributed by atoms with Gasteiger partial charge in [0.15, 0.2) is 9.84 Å². The van der Waals surface area contributed by atoms with Gasteiger partial charge in [0.25, 0.3) is 0 Å². The first kappa shape index (κ1) is 20.1. The summed E-state index contributed by atoms with van der Waals surface area (Å²) in [6, 6.07) is 15.8.